The lowest BCUT2D eigenvalue weighted by atomic mass is 10.0. The van der Waals surface area contributed by atoms with E-state index >= 15 is 0 Å². The lowest BCUT2D eigenvalue weighted by Gasteiger charge is -2.39. The van der Waals surface area contributed by atoms with Gasteiger partial charge in [0.15, 0.2) is 0 Å². The van der Waals surface area contributed by atoms with Crippen LogP contribution in [0.1, 0.15) is 25.8 Å². The van der Waals surface area contributed by atoms with Gasteiger partial charge in [-0.2, -0.15) is 0 Å². The second kappa shape index (κ2) is 6.18. The van der Waals surface area contributed by atoms with E-state index in [1.807, 2.05) is 0 Å². The molecule has 0 amide bonds. The van der Waals surface area contributed by atoms with Crippen LogP contribution in [0.25, 0.3) is 0 Å². The minimum Gasteiger partial charge on any atom is -0.311 e. The molecule has 94 valence electrons. The summed E-state index contributed by atoms with van der Waals surface area (Å²) in [6, 6.07) is 12.1. The molecular formula is C15H24N2. The molecule has 1 saturated heterocycles. The molecule has 2 nitrogen and oxygen atoms in total. The Bertz CT molecular complexity index is 323. The van der Waals surface area contributed by atoms with Gasteiger partial charge in [0.05, 0.1) is 0 Å². The average Bonchev–Trinajstić information content (AvgIpc) is 2.34. The fourth-order valence-electron chi connectivity index (χ4n) is 2.68. The number of hydrogen-bond acceptors (Lipinski definition) is 2. The van der Waals surface area contributed by atoms with Crippen molar-refractivity contribution in [1.82, 2.24) is 10.2 Å². The van der Waals surface area contributed by atoms with Crippen molar-refractivity contribution in [2.45, 2.75) is 38.8 Å². The van der Waals surface area contributed by atoms with Gasteiger partial charge in [-0.3, -0.25) is 4.90 Å². The molecule has 2 heteroatoms. The summed E-state index contributed by atoms with van der Waals surface area (Å²) in [5, 5.41) is 3.60. The lowest BCUT2D eigenvalue weighted by molar-refractivity contribution is 0.135. The van der Waals surface area contributed by atoms with Crippen LogP contribution in [0.3, 0.4) is 0 Å². The van der Waals surface area contributed by atoms with E-state index < -0.39 is 0 Å². The molecule has 0 spiro atoms. The molecule has 1 aliphatic rings. The van der Waals surface area contributed by atoms with Crippen molar-refractivity contribution < 1.29 is 0 Å². The van der Waals surface area contributed by atoms with Crippen LogP contribution >= 0.6 is 0 Å². The normalized spacial score (nSPS) is 26.0. The zero-order valence-electron chi connectivity index (χ0n) is 11.0. The second-order valence-electron chi connectivity index (χ2n) is 5.15. The van der Waals surface area contributed by atoms with E-state index in [1.54, 1.807) is 0 Å². The van der Waals surface area contributed by atoms with Gasteiger partial charge in [-0.15, -0.1) is 0 Å². The first-order chi connectivity index (χ1) is 8.29. The van der Waals surface area contributed by atoms with E-state index in [-0.39, 0.29) is 0 Å². The topological polar surface area (TPSA) is 15.3 Å². The number of hydrogen-bond donors (Lipinski definition) is 1. The zero-order chi connectivity index (χ0) is 12.1. The Morgan fingerprint density at radius 3 is 2.76 bits per heavy atom. The maximum atomic E-state index is 3.60. The largest absolute Gasteiger partial charge is 0.311 e. The van der Waals surface area contributed by atoms with Crippen LogP contribution < -0.4 is 5.32 Å². The summed E-state index contributed by atoms with van der Waals surface area (Å²) in [5.41, 5.74) is 1.45. The molecule has 1 aromatic carbocycles. The zero-order valence-corrected chi connectivity index (χ0v) is 11.0. The molecule has 0 radical (unpaired) electrons. The standard InChI is InChI=1S/C15H24N2/c1-3-9-17-12-13(2)16-11-15(17)10-14-7-5-4-6-8-14/h4-8,13,15-16H,3,9-12H2,1-2H3. The highest BCUT2D eigenvalue weighted by atomic mass is 15.2. The Balaban J connectivity index is 1.98. The SMILES string of the molecule is CCCN1CC(C)NCC1Cc1ccccc1. The Kier molecular flexibility index (Phi) is 4.57. The van der Waals surface area contributed by atoms with Gasteiger partial charge in [0.2, 0.25) is 0 Å². The van der Waals surface area contributed by atoms with Crippen molar-refractivity contribution in [3.63, 3.8) is 0 Å². The number of rotatable bonds is 4. The Hall–Kier alpha value is -0.860. The van der Waals surface area contributed by atoms with Gasteiger partial charge in [0.1, 0.15) is 0 Å². The molecule has 1 fully saturated rings. The second-order valence-corrected chi connectivity index (χ2v) is 5.15. The summed E-state index contributed by atoms with van der Waals surface area (Å²) in [6.07, 6.45) is 2.42. The molecule has 2 atom stereocenters. The number of benzene rings is 1. The van der Waals surface area contributed by atoms with Crippen LogP contribution in [-0.4, -0.2) is 36.6 Å². The number of nitrogens with zero attached hydrogens (tertiary/aromatic N) is 1. The molecule has 17 heavy (non-hydrogen) atoms. The molecule has 1 heterocycles. The minimum atomic E-state index is 0.633. The molecule has 0 bridgehead atoms. The van der Waals surface area contributed by atoms with Gasteiger partial charge in [-0.25, -0.2) is 0 Å². The van der Waals surface area contributed by atoms with Crippen molar-refractivity contribution in [3.8, 4) is 0 Å². The molecule has 1 aliphatic heterocycles. The predicted molar refractivity (Wildman–Crippen MR) is 73.3 cm³/mol. The van der Waals surface area contributed by atoms with Crippen molar-refractivity contribution >= 4 is 0 Å². The molecule has 2 unspecified atom stereocenters. The van der Waals surface area contributed by atoms with Crippen LogP contribution in [0.15, 0.2) is 30.3 Å². The van der Waals surface area contributed by atoms with Gasteiger partial charge < -0.3 is 5.32 Å². The summed E-state index contributed by atoms with van der Waals surface area (Å²) in [4.78, 5) is 2.65. The molecule has 1 aromatic rings. The van der Waals surface area contributed by atoms with E-state index in [1.165, 1.54) is 31.5 Å². The molecule has 0 aromatic heterocycles. The van der Waals surface area contributed by atoms with Crippen molar-refractivity contribution in [2.75, 3.05) is 19.6 Å². The fraction of sp³-hybridized carbons (Fsp3) is 0.600. The summed E-state index contributed by atoms with van der Waals surface area (Å²) in [7, 11) is 0. The van der Waals surface area contributed by atoms with E-state index in [2.05, 4.69) is 54.4 Å². The molecule has 1 N–H and O–H groups in total. The van der Waals surface area contributed by atoms with E-state index in [4.69, 9.17) is 0 Å². The van der Waals surface area contributed by atoms with Crippen LogP contribution in [0, 0.1) is 0 Å². The highest BCUT2D eigenvalue weighted by molar-refractivity contribution is 5.16. The van der Waals surface area contributed by atoms with Gasteiger partial charge in [0, 0.05) is 25.2 Å². The van der Waals surface area contributed by atoms with Crippen molar-refractivity contribution in [1.29, 1.82) is 0 Å². The van der Waals surface area contributed by atoms with Gasteiger partial charge in [-0.05, 0) is 31.9 Å². The minimum absolute atomic E-state index is 0.633. The average molecular weight is 232 g/mol. The van der Waals surface area contributed by atoms with Crippen LogP contribution in [-0.2, 0) is 6.42 Å². The first-order valence-corrected chi connectivity index (χ1v) is 6.81. The van der Waals surface area contributed by atoms with Crippen LogP contribution in [0.2, 0.25) is 0 Å². The summed E-state index contributed by atoms with van der Waals surface area (Å²) < 4.78 is 0. The van der Waals surface area contributed by atoms with E-state index in [9.17, 15) is 0 Å². The Labute approximate surface area is 105 Å². The first kappa shape index (κ1) is 12.6. The quantitative estimate of drug-likeness (QED) is 0.857. The number of nitrogens with one attached hydrogen (secondary N) is 1. The molecule has 2 rings (SSSR count). The smallest absolute Gasteiger partial charge is 0.0261 e. The summed E-state index contributed by atoms with van der Waals surface area (Å²) in [5.74, 6) is 0. The van der Waals surface area contributed by atoms with Crippen molar-refractivity contribution in [2.24, 2.45) is 0 Å². The maximum absolute atomic E-state index is 3.60. The third-order valence-corrected chi connectivity index (χ3v) is 3.55. The molecular weight excluding hydrogens is 208 g/mol. The number of piperazine rings is 1. The highest BCUT2D eigenvalue weighted by Gasteiger charge is 2.24. The first-order valence-electron chi connectivity index (χ1n) is 6.81. The maximum Gasteiger partial charge on any atom is 0.0261 e. The van der Waals surface area contributed by atoms with Gasteiger partial charge in [-0.1, -0.05) is 37.3 Å². The van der Waals surface area contributed by atoms with E-state index in [0.29, 0.717) is 12.1 Å². The predicted octanol–water partition coefficient (Wildman–Crippen LogP) is 2.30. The lowest BCUT2D eigenvalue weighted by Crippen LogP contribution is -2.56. The Morgan fingerprint density at radius 1 is 1.29 bits per heavy atom. The third kappa shape index (κ3) is 3.55. The van der Waals surface area contributed by atoms with Gasteiger partial charge >= 0.3 is 0 Å². The monoisotopic (exact) mass is 232 g/mol. The van der Waals surface area contributed by atoms with Crippen LogP contribution in [0.5, 0.6) is 0 Å². The van der Waals surface area contributed by atoms with E-state index in [0.717, 1.165) is 6.54 Å². The van der Waals surface area contributed by atoms with Crippen LogP contribution in [0.4, 0.5) is 0 Å². The molecule has 0 aliphatic carbocycles. The Morgan fingerprint density at radius 2 is 2.06 bits per heavy atom. The third-order valence-electron chi connectivity index (χ3n) is 3.55. The summed E-state index contributed by atoms with van der Waals surface area (Å²) >= 11 is 0. The van der Waals surface area contributed by atoms with Crippen molar-refractivity contribution in [3.05, 3.63) is 35.9 Å². The highest BCUT2D eigenvalue weighted by Crippen LogP contribution is 2.13. The summed E-state index contributed by atoms with van der Waals surface area (Å²) in [6.45, 7) is 8.08. The van der Waals surface area contributed by atoms with Gasteiger partial charge in [0.25, 0.3) is 0 Å². The fourth-order valence-corrected chi connectivity index (χ4v) is 2.68. The molecule has 0 saturated carbocycles.